The van der Waals surface area contributed by atoms with Gasteiger partial charge in [0.25, 0.3) is 5.56 Å². The van der Waals surface area contributed by atoms with Crippen LogP contribution in [0.5, 0.6) is 0 Å². The largest absolute Gasteiger partial charge is 0.352 e. The first-order valence-corrected chi connectivity index (χ1v) is 9.54. The molecule has 0 radical (unpaired) electrons. The fourth-order valence-corrected chi connectivity index (χ4v) is 3.43. The maximum Gasteiger partial charge on any atom is 0.267 e. The Labute approximate surface area is 155 Å². The van der Waals surface area contributed by atoms with E-state index in [1.165, 1.54) is 23.6 Å². The van der Waals surface area contributed by atoms with Crippen molar-refractivity contribution < 1.29 is 4.79 Å². The second kappa shape index (κ2) is 8.43. The standard InChI is InChI=1S/C19H22BrN3O2/c20-15-9-7-14(8-10-15)17-11-12-19(25)23(22-17)13-18(24)21-16-5-3-1-2-4-6-16/h7-12,16H,1-6,13H2,(H,21,24). The number of aromatic nitrogens is 2. The maximum absolute atomic E-state index is 12.3. The van der Waals surface area contributed by atoms with Gasteiger partial charge in [-0.3, -0.25) is 9.59 Å². The summed E-state index contributed by atoms with van der Waals surface area (Å²) in [7, 11) is 0. The topological polar surface area (TPSA) is 64.0 Å². The Morgan fingerprint density at radius 3 is 2.44 bits per heavy atom. The first-order valence-electron chi connectivity index (χ1n) is 8.75. The van der Waals surface area contributed by atoms with Crippen LogP contribution >= 0.6 is 15.9 Å². The zero-order chi connectivity index (χ0) is 17.6. The summed E-state index contributed by atoms with van der Waals surface area (Å²) in [5.41, 5.74) is 1.31. The van der Waals surface area contributed by atoms with E-state index >= 15 is 0 Å². The monoisotopic (exact) mass is 403 g/mol. The van der Waals surface area contributed by atoms with Crippen molar-refractivity contribution in [1.82, 2.24) is 15.1 Å². The molecule has 0 atom stereocenters. The van der Waals surface area contributed by atoms with Gasteiger partial charge < -0.3 is 5.32 Å². The predicted molar refractivity (Wildman–Crippen MR) is 101 cm³/mol. The molecule has 25 heavy (non-hydrogen) atoms. The highest BCUT2D eigenvalue weighted by atomic mass is 79.9. The van der Waals surface area contributed by atoms with Crippen molar-refractivity contribution in [1.29, 1.82) is 0 Å². The minimum Gasteiger partial charge on any atom is -0.352 e. The molecule has 1 amide bonds. The zero-order valence-corrected chi connectivity index (χ0v) is 15.7. The normalized spacial score (nSPS) is 15.6. The van der Waals surface area contributed by atoms with E-state index in [4.69, 9.17) is 0 Å². The van der Waals surface area contributed by atoms with Crippen LogP contribution in [-0.4, -0.2) is 21.7 Å². The molecular weight excluding hydrogens is 382 g/mol. The molecule has 1 aliphatic carbocycles. The molecule has 2 aromatic rings. The second-order valence-corrected chi connectivity index (χ2v) is 7.39. The van der Waals surface area contributed by atoms with Crippen molar-refractivity contribution in [3.05, 3.63) is 51.2 Å². The van der Waals surface area contributed by atoms with Crippen molar-refractivity contribution in [2.75, 3.05) is 0 Å². The van der Waals surface area contributed by atoms with Gasteiger partial charge in [-0.1, -0.05) is 53.7 Å². The number of nitrogens with one attached hydrogen (secondary N) is 1. The number of hydrogen-bond acceptors (Lipinski definition) is 3. The third-order valence-electron chi connectivity index (χ3n) is 4.52. The van der Waals surface area contributed by atoms with Crippen molar-refractivity contribution in [3.63, 3.8) is 0 Å². The molecular formula is C19H22BrN3O2. The lowest BCUT2D eigenvalue weighted by molar-refractivity contribution is -0.122. The number of carbonyl (C=O) groups excluding carboxylic acids is 1. The van der Waals surface area contributed by atoms with Gasteiger partial charge in [-0.2, -0.15) is 5.10 Å². The molecule has 0 spiro atoms. The molecule has 0 bridgehead atoms. The second-order valence-electron chi connectivity index (χ2n) is 6.48. The van der Waals surface area contributed by atoms with E-state index in [1.807, 2.05) is 24.3 Å². The van der Waals surface area contributed by atoms with Gasteiger partial charge in [0.05, 0.1) is 5.69 Å². The molecule has 1 N–H and O–H groups in total. The lowest BCUT2D eigenvalue weighted by Crippen LogP contribution is -2.39. The van der Waals surface area contributed by atoms with Crippen LogP contribution < -0.4 is 10.9 Å². The molecule has 3 rings (SSSR count). The highest BCUT2D eigenvalue weighted by Gasteiger charge is 2.15. The minimum absolute atomic E-state index is 0.0420. The summed E-state index contributed by atoms with van der Waals surface area (Å²) < 4.78 is 2.22. The molecule has 6 heteroatoms. The molecule has 0 unspecified atom stereocenters. The van der Waals surface area contributed by atoms with Gasteiger partial charge in [0.1, 0.15) is 6.54 Å². The number of carbonyl (C=O) groups is 1. The molecule has 1 aliphatic rings. The molecule has 0 saturated heterocycles. The highest BCUT2D eigenvalue weighted by Crippen LogP contribution is 2.19. The van der Waals surface area contributed by atoms with Crippen LogP contribution in [0.4, 0.5) is 0 Å². The van der Waals surface area contributed by atoms with E-state index in [0.717, 1.165) is 35.7 Å². The lowest BCUT2D eigenvalue weighted by Gasteiger charge is -2.16. The molecule has 1 fully saturated rings. The first kappa shape index (κ1) is 17.9. The van der Waals surface area contributed by atoms with Crippen LogP contribution in [0.15, 0.2) is 45.7 Å². The van der Waals surface area contributed by atoms with Crippen molar-refractivity contribution in [2.45, 2.75) is 51.1 Å². The number of hydrogen-bond donors (Lipinski definition) is 1. The predicted octanol–water partition coefficient (Wildman–Crippen LogP) is 3.51. The molecule has 1 aromatic heterocycles. The van der Waals surface area contributed by atoms with Crippen molar-refractivity contribution in [3.8, 4) is 11.3 Å². The number of rotatable bonds is 4. The molecule has 0 aliphatic heterocycles. The molecule has 1 aromatic carbocycles. The zero-order valence-electron chi connectivity index (χ0n) is 14.1. The molecule has 1 saturated carbocycles. The van der Waals surface area contributed by atoms with Crippen molar-refractivity contribution in [2.24, 2.45) is 0 Å². The summed E-state index contributed by atoms with van der Waals surface area (Å²) in [6.45, 7) is -0.0420. The summed E-state index contributed by atoms with van der Waals surface area (Å²) in [5, 5.41) is 7.41. The summed E-state index contributed by atoms with van der Waals surface area (Å²) in [6.07, 6.45) is 6.83. The number of halogens is 1. The highest BCUT2D eigenvalue weighted by molar-refractivity contribution is 9.10. The Bertz CT molecular complexity index is 778. The third kappa shape index (κ3) is 5.01. The van der Waals surface area contributed by atoms with E-state index in [-0.39, 0.29) is 24.1 Å². The van der Waals surface area contributed by atoms with Crippen LogP contribution in [0.25, 0.3) is 11.3 Å². The van der Waals surface area contributed by atoms with Crippen molar-refractivity contribution >= 4 is 21.8 Å². The Kier molecular flexibility index (Phi) is 6.02. The molecule has 5 nitrogen and oxygen atoms in total. The van der Waals surface area contributed by atoms with Gasteiger partial charge in [0.15, 0.2) is 0 Å². The minimum atomic E-state index is -0.267. The summed E-state index contributed by atoms with van der Waals surface area (Å²) in [6, 6.07) is 11.1. The van der Waals surface area contributed by atoms with E-state index < -0.39 is 0 Å². The Hall–Kier alpha value is -1.95. The number of amides is 1. The lowest BCUT2D eigenvalue weighted by atomic mass is 10.1. The number of benzene rings is 1. The average molecular weight is 404 g/mol. The van der Waals surface area contributed by atoms with Gasteiger partial charge in [-0.15, -0.1) is 0 Å². The van der Waals surface area contributed by atoms with E-state index in [0.29, 0.717) is 5.69 Å². The summed E-state index contributed by atoms with van der Waals surface area (Å²) >= 11 is 3.40. The third-order valence-corrected chi connectivity index (χ3v) is 5.05. The smallest absolute Gasteiger partial charge is 0.267 e. The quantitative estimate of drug-likeness (QED) is 0.794. The first-order chi connectivity index (χ1) is 12.1. The van der Waals surface area contributed by atoms with E-state index in [2.05, 4.69) is 26.3 Å². The number of nitrogens with zero attached hydrogens (tertiary/aromatic N) is 2. The van der Waals surface area contributed by atoms with Crippen LogP contribution in [0.3, 0.4) is 0 Å². The Balaban J connectivity index is 1.71. The van der Waals surface area contributed by atoms with Crippen LogP contribution in [-0.2, 0) is 11.3 Å². The van der Waals surface area contributed by atoms with E-state index in [9.17, 15) is 9.59 Å². The fraction of sp³-hybridized carbons (Fsp3) is 0.421. The Morgan fingerprint density at radius 2 is 1.76 bits per heavy atom. The summed E-state index contributed by atoms with van der Waals surface area (Å²) in [4.78, 5) is 24.4. The molecule has 1 heterocycles. The van der Waals surface area contributed by atoms with Gasteiger partial charge in [-0.25, -0.2) is 4.68 Å². The molecule has 132 valence electrons. The SMILES string of the molecule is O=C(Cn1nc(-c2ccc(Br)cc2)ccc1=O)NC1CCCCCC1. The van der Waals surface area contributed by atoms with Crippen LogP contribution in [0.1, 0.15) is 38.5 Å². The Morgan fingerprint density at radius 1 is 1.08 bits per heavy atom. The maximum atomic E-state index is 12.3. The van der Waals surface area contributed by atoms with Crippen LogP contribution in [0, 0.1) is 0 Å². The van der Waals surface area contributed by atoms with Gasteiger partial charge in [0.2, 0.25) is 5.91 Å². The average Bonchev–Trinajstić information content (AvgIpc) is 2.86. The van der Waals surface area contributed by atoms with Crippen LogP contribution in [0.2, 0.25) is 0 Å². The van der Waals surface area contributed by atoms with Gasteiger partial charge in [0, 0.05) is 22.1 Å². The van der Waals surface area contributed by atoms with Gasteiger partial charge >= 0.3 is 0 Å². The van der Waals surface area contributed by atoms with Gasteiger partial charge in [-0.05, 0) is 31.0 Å². The summed E-state index contributed by atoms with van der Waals surface area (Å²) in [5.74, 6) is -0.144. The fourth-order valence-electron chi connectivity index (χ4n) is 3.17. The van der Waals surface area contributed by atoms with E-state index in [1.54, 1.807) is 6.07 Å².